The van der Waals surface area contributed by atoms with Crippen LogP contribution in [-0.4, -0.2) is 21.3 Å². The molecular formula is C10H16N2O3. The van der Waals surface area contributed by atoms with Gasteiger partial charge < -0.3 is 9.52 Å². The Kier molecular flexibility index (Phi) is 3.12. The third-order valence-electron chi connectivity index (χ3n) is 2.61. The summed E-state index contributed by atoms with van der Waals surface area (Å²) in [5, 5.41) is 15.7. The van der Waals surface area contributed by atoms with Crippen molar-refractivity contribution in [1.82, 2.24) is 10.2 Å². The highest BCUT2D eigenvalue weighted by atomic mass is 16.4. The molecule has 5 heteroatoms. The van der Waals surface area contributed by atoms with E-state index in [4.69, 9.17) is 9.52 Å². The summed E-state index contributed by atoms with van der Waals surface area (Å²) in [5.74, 6) is -0.794. The van der Waals surface area contributed by atoms with Crippen molar-refractivity contribution in [2.45, 2.75) is 34.1 Å². The predicted octanol–water partition coefficient (Wildman–Crippen LogP) is 1.99. The quantitative estimate of drug-likeness (QED) is 0.829. The second kappa shape index (κ2) is 4.00. The van der Waals surface area contributed by atoms with E-state index >= 15 is 0 Å². The van der Waals surface area contributed by atoms with Crippen molar-refractivity contribution >= 4 is 5.97 Å². The van der Waals surface area contributed by atoms with Crippen LogP contribution in [0.15, 0.2) is 4.42 Å². The first kappa shape index (κ1) is 11.7. The largest absolute Gasteiger partial charge is 0.474 e. The van der Waals surface area contributed by atoms with Crippen LogP contribution in [0.1, 0.15) is 44.3 Å². The minimum atomic E-state index is -1.18. The lowest BCUT2D eigenvalue weighted by Crippen LogP contribution is -2.19. The molecule has 0 fully saturated rings. The van der Waals surface area contributed by atoms with Crippen molar-refractivity contribution in [2.75, 3.05) is 0 Å². The fourth-order valence-corrected chi connectivity index (χ4v) is 0.991. The Balaban J connectivity index is 2.69. The maximum Gasteiger partial charge on any atom is 0.393 e. The van der Waals surface area contributed by atoms with Crippen LogP contribution in [0, 0.1) is 11.3 Å². The summed E-state index contributed by atoms with van der Waals surface area (Å²) in [4.78, 5) is 10.5. The molecule has 15 heavy (non-hydrogen) atoms. The monoisotopic (exact) mass is 212 g/mol. The van der Waals surface area contributed by atoms with Gasteiger partial charge in [0.05, 0.1) is 0 Å². The molecule has 84 valence electrons. The van der Waals surface area contributed by atoms with E-state index in [2.05, 4.69) is 37.9 Å². The molecule has 0 aliphatic heterocycles. The standard InChI is InChI=1S/C10H16N2O3/c1-6(10(2,3)4)5-7-11-12-8(15-7)9(13)14/h6H,5H2,1-4H3,(H,13,14). The average Bonchev–Trinajstić information content (AvgIpc) is 2.50. The minimum absolute atomic E-state index is 0.137. The normalized spacial score (nSPS) is 13.9. The van der Waals surface area contributed by atoms with Crippen LogP contribution >= 0.6 is 0 Å². The van der Waals surface area contributed by atoms with E-state index in [1.165, 1.54) is 0 Å². The molecule has 1 N–H and O–H groups in total. The Morgan fingerprint density at radius 3 is 2.47 bits per heavy atom. The van der Waals surface area contributed by atoms with Gasteiger partial charge in [-0.25, -0.2) is 4.79 Å². The summed E-state index contributed by atoms with van der Waals surface area (Å²) in [5.41, 5.74) is 0.137. The zero-order valence-electron chi connectivity index (χ0n) is 9.44. The van der Waals surface area contributed by atoms with Crippen molar-refractivity contribution in [1.29, 1.82) is 0 Å². The molecule has 1 atom stereocenters. The molecule has 0 amide bonds. The SMILES string of the molecule is CC(Cc1nnc(C(=O)O)o1)C(C)(C)C. The van der Waals surface area contributed by atoms with E-state index in [-0.39, 0.29) is 11.3 Å². The Morgan fingerprint density at radius 1 is 1.47 bits per heavy atom. The topological polar surface area (TPSA) is 76.2 Å². The van der Waals surface area contributed by atoms with Crippen molar-refractivity contribution in [2.24, 2.45) is 11.3 Å². The molecule has 0 saturated heterocycles. The number of hydrogen-bond acceptors (Lipinski definition) is 4. The van der Waals surface area contributed by atoms with Crippen LogP contribution in [0.25, 0.3) is 0 Å². The third kappa shape index (κ3) is 3.04. The smallest absolute Gasteiger partial charge is 0.393 e. The predicted molar refractivity (Wildman–Crippen MR) is 53.6 cm³/mol. The van der Waals surface area contributed by atoms with E-state index in [1.54, 1.807) is 0 Å². The van der Waals surface area contributed by atoms with Crippen LogP contribution in [0.3, 0.4) is 0 Å². The Bertz CT molecular complexity index is 352. The molecule has 1 heterocycles. The van der Waals surface area contributed by atoms with Gasteiger partial charge in [-0.3, -0.25) is 0 Å². The van der Waals surface area contributed by atoms with E-state index in [0.29, 0.717) is 18.2 Å². The van der Waals surface area contributed by atoms with Gasteiger partial charge in [0.2, 0.25) is 5.89 Å². The second-order valence-corrected chi connectivity index (χ2v) is 4.78. The first-order valence-electron chi connectivity index (χ1n) is 4.86. The molecule has 0 bridgehead atoms. The number of nitrogens with zero attached hydrogens (tertiary/aromatic N) is 2. The van der Waals surface area contributed by atoms with Gasteiger partial charge in [0, 0.05) is 6.42 Å². The molecule has 5 nitrogen and oxygen atoms in total. The molecule has 1 unspecified atom stereocenters. The Labute approximate surface area is 88.5 Å². The van der Waals surface area contributed by atoms with Gasteiger partial charge in [0.1, 0.15) is 0 Å². The highest BCUT2D eigenvalue weighted by molar-refractivity contribution is 5.81. The summed E-state index contributed by atoms with van der Waals surface area (Å²) in [7, 11) is 0. The molecule has 1 aromatic heterocycles. The second-order valence-electron chi connectivity index (χ2n) is 4.78. The van der Waals surface area contributed by atoms with Gasteiger partial charge >= 0.3 is 11.9 Å². The van der Waals surface area contributed by atoms with Crippen molar-refractivity contribution in [3.05, 3.63) is 11.8 Å². The van der Waals surface area contributed by atoms with Gasteiger partial charge in [0.15, 0.2) is 0 Å². The fraction of sp³-hybridized carbons (Fsp3) is 0.700. The molecule has 0 radical (unpaired) electrons. The Morgan fingerprint density at radius 2 is 2.07 bits per heavy atom. The first-order valence-corrected chi connectivity index (χ1v) is 4.86. The van der Waals surface area contributed by atoms with E-state index < -0.39 is 5.97 Å². The zero-order chi connectivity index (χ0) is 11.6. The summed E-state index contributed by atoms with van der Waals surface area (Å²) in [6, 6.07) is 0. The summed E-state index contributed by atoms with van der Waals surface area (Å²) in [6.45, 7) is 8.43. The van der Waals surface area contributed by atoms with Crippen molar-refractivity contribution in [3.63, 3.8) is 0 Å². The third-order valence-corrected chi connectivity index (χ3v) is 2.61. The highest BCUT2D eigenvalue weighted by Gasteiger charge is 2.23. The van der Waals surface area contributed by atoms with Gasteiger partial charge in [-0.1, -0.05) is 27.7 Å². The molecule has 0 saturated carbocycles. The average molecular weight is 212 g/mol. The van der Waals surface area contributed by atoms with E-state index in [9.17, 15) is 4.79 Å². The van der Waals surface area contributed by atoms with Crippen LogP contribution < -0.4 is 0 Å². The fourth-order valence-electron chi connectivity index (χ4n) is 0.991. The molecular weight excluding hydrogens is 196 g/mol. The number of carboxylic acid groups (broad SMARTS) is 1. The molecule has 0 spiro atoms. The van der Waals surface area contributed by atoms with Crippen LogP contribution in [0.2, 0.25) is 0 Å². The molecule has 1 aromatic rings. The van der Waals surface area contributed by atoms with Crippen LogP contribution in [0.4, 0.5) is 0 Å². The highest BCUT2D eigenvalue weighted by Crippen LogP contribution is 2.27. The van der Waals surface area contributed by atoms with Gasteiger partial charge in [0.25, 0.3) is 0 Å². The molecule has 0 aliphatic rings. The van der Waals surface area contributed by atoms with Crippen LogP contribution in [0.5, 0.6) is 0 Å². The lowest BCUT2D eigenvalue weighted by molar-refractivity contribution is 0.0650. The zero-order valence-corrected chi connectivity index (χ0v) is 9.44. The lowest BCUT2D eigenvalue weighted by atomic mass is 9.80. The molecule has 0 aromatic carbocycles. The van der Waals surface area contributed by atoms with Crippen molar-refractivity contribution < 1.29 is 14.3 Å². The van der Waals surface area contributed by atoms with E-state index in [0.717, 1.165) is 0 Å². The van der Waals surface area contributed by atoms with Gasteiger partial charge in [-0.15, -0.1) is 10.2 Å². The number of hydrogen-bond donors (Lipinski definition) is 1. The summed E-state index contributed by atoms with van der Waals surface area (Å²) in [6.07, 6.45) is 0.601. The van der Waals surface area contributed by atoms with Gasteiger partial charge in [-0.2, -0.15) is 0 Å². The molecule has 0 aliphatic carbocycles. The maximum atomic E-state index is 10.5. The van der Waals surface area contributed by atoms with Crippen LogP contribution in [-0.2, 0) is 6.42 Å². The number of rotatable bonds is 3. The minimum Gasteiger partial charge on any atom is -0.474 e. The first-order chi connectivity index (χ1) is 6.80. The number of carbonyl (C=O) groups is 1. The number of aromatic nitrogens is 2. The van der Waals surface area contributed by atoms with Crippen molar-refractivity contribution in [3.8, 4) is 0 Å². The Hall–Kier alpha value is -1.39. The number of carboxylic acids is 1. The molecule has 1 rings (SSSR count). The lowest BCUT2D eigenvalue weighted by Gasteiger charge is -2.25. The van der Waals surface area contributed by atoms with Gasteiger partial charge in [-0.05, 0) is 11.3 Å². The summed E-state index contributed by atoms with van der Waals surface area (Å²) < 4.78 is 4.99. The maximum absolute atomic E-state index is 10.5. The van der Waals surface area contributed by atoms with E-state index in [1.807, 2.05) is 0 Å². The summed E-state index contributed by atoms with van der Waals surface area (Å²) >= 11 is 0. The number of aromatic carboxylic acids is 1.